The molecule has 0 unspecified atom stereocenters. The Morgan fingerprint density at radius 1 is 0.488 bits per heavy atom. The van der Waals surface area contributed by atoms with E-state index in [1.54, 1.807) is 0 Å². The van der Waals surface area contributed by atoms with Gasteiger partial charge in [-0.1, -0.05) is 48.5 Å². The molecule has 0 atom stereocenters. The molecule has 4 heterocycles. The van der Waals surface area contributed by atoms with Gasteiger partial charge in [-0.05, 0) is 88.4 Å². The third-order valence-corrected chi connectivity index (χ3v) is 13.2. The van der Waals surface area contributed by atoms with Crippen molar-refractivity contribution in [3.05, 3.63) is 91.1 Å². The minimum atomic E-state index is 1.24. The molecule has 6 aromatic carbocycles. The maximum absolute atomic E-state index is 4.34. The summed E-state index contributed by atoms with van der Waals surface area (Å²) in [7, 11) is 4.34. The number of thiol groups is 1. The smallest absolute Gasteiger partial charge is 0.0355 e. The molecule has 0 bridgehead atoms. The van der Waals surface area contributed by atoms with Crippen LogP contribution in [-0.2, 0) is 0 Å². The zero-order chi connectivity index (χ0) is 27.8. The van der Waals surface area contributed by atoms with Crippen molar-refractivity contribution in [1.29, 1.82) is 0 Å². The van der Waals surface area contributed by atoms with Gasteiger partial charge in [0.05, 0.1) is 7.57 Å². The summed E-state index contributed by atoms with van der Waals surface area (Å²) in [5.74, 6) is 0. The summed E-state index contributed by atoms with van der Waals surface area (Å²) in [5.41, 5.74) is 0. The van der Waals surface area contributed by atoms with E-state index in [2.05, 4.69) is 140 Å². The monoisotopic (exact) mass is 742 g/mol. The van der Waals surface area contributed by atoms with Gasteiger partial charge >= 0.3 is 24.8 Å². The van der Waals surface area contributed by atoms with E-state index < -0.39 is 0 Å². The zero-order valence-electron chi connectivity index (χ0n) is 20.9. The quantitative estimate of drug-likeness (QED) is 0.0902. The number of hydrogen-bond acceptors (Lipinski definition) is 6. The number of rotatable bonds is 0. The van der Waals surface area contributed by atoms with Crippen LogP contribution in [0.25, 0.3) is 83.4 Å². The van der Waals surface area contributed by atoms with Gasteiger partial charge in [0.25, 0.3) is 0 Å². The molecule has 1 nitrogen and oxygen atoms in total. The van der Waals surface area contributed by atoms with E-state index in [1.807, 2.05) is 45.3 Å². The van der Waals surface area contributed by atoms with Gasteiger partial charge < -0.3 is 0 Å². The average Bonchev–Trinajstić information content (AvgIpc) is 3.76. The summed E-state index contributed by atoms with van der Waals surface area (Å²) >= 11 is 18.1. The number of fused-ring (bicyclic) bond motifs is 4. The molecule has 0 N–H and O–H groups in total. The Morgan fingerprint density at radius 3 is 1.27 bits per heavy atom. The number of thiophene rings is 4. The van der Waals surface area contributed by atoms with Gasteiger partial charge in [-0.2, -0.15) is 0 Å². The van der Waals surface area contributed by atoms with E-state index in [4.69, 9.17) is 0 Å². The molecule has 195 valence electrons. The summed E-state index contributed by atoms with van der Waals surface area (Å²) in [6, 6.07) is 26.6. The van der Waals surface area contributed by atoms with E-state index in [0.717, 1.165) is 0 Å². The Bertz CT molecular complexity index is 2380. The van der Waals surface area contributed by atoms with Gasteiger partial charge in [-0.3, -0.25) is 0 Å². The van der Waals surface area contributed by atoms with Crippen molar-refractivity contribution >= 4 is 181 Å². The summed E-state index contributed by atoms with van der Waals surface area (Å²) in [6.45, 7) is 0. The van der Waals surface area contributed by atoms with Crippen LogP contribution in [0.2, 0.25) is 0 Å². The van der Waals surface area contributed by atoms with Crippen LogP contribution < -0.4 is 0 Å². The predicted octanol–water partition coefficient (Wildman–Crippen LogP) is 13.4. The van der Waals surface area contributed by atoms with Crippen molar-refractivity contribution in [1.82, 2.24) is 0 Å². The molecule has 0 aliphatic heterocycles. The summed E-state index contributed by atoms with van der Waals surface area (Å²) < 4.78 is 10.7. The Kier molecular flexibility index (Phi) is 6.64. The Labute approximate surface area is 274 Å². The minimum Gasteiger partial charge on any atom is -0.143 e. The Balaban J connectivity index is 0.000000115. The number of benzene rings is 6. The molecule has 0 aliphatic carbocycles. The van der Waals surface area contributed by atoms with Crippen LogP contribution in [0.3, 0.4) is 0 Å². The van der Waals surface area contributed by atoms with Crippen LogP contribution in [0.4, 0.5) is 0 Å². The second kappa shape index (κ2) is 10.3. The van der Waals surface area contributed by atoms with Gasteiger partial charge in [-0.15, -0.1) is 45.3 Å². The molecule has 1 radical (unpaired) electrons. The maximum Gasteiger partial charge on any atom is 0.0355 e. The SMILES string of the molecule is Brc1sc2cccc3c4c(Br)sc5cccc(c1c23)c54.[B]=NS.c1cc2scc3c4cccc5scc(c(c1)c23)c54. The third kappa shape index (κ3) is 3.90. The van der Waals surface area contributed by atoms with Gasteiger partial charge in [-0.25, -0.2) is 0 Å². The van der Waals surface area contributed by atoms with Crippen LogP contribution in [0, 0.1) is 0 Å². The molecule has 0 spiro atoms. The Hall–Kier alpha value is -2.11. The molecular formula is C32H15BBr2NS5. The van der Waals surface area contributed by atoms with Crippen LogP contribution >= 0.6 is 90.0 Å². The largest absolute Gasteiger partial charge is 0.143 e. The van der Waals surface area contributed by atoms with E-state index >= 15 is 0 Å². The summed E-state index contributed by atoms with van der Waals surface area (Å²) in [4.78, 5) is 0. The fourth-order valence-electron chi connectivity index (χ4n) is 6.16. The first-order valence-corrected chi connectivity index (χ1v) is 18.0. The molecular weight excluding hydrogens is 729 g/mol. The topological polar surface area (TPSA) is 12.4 Å². The van der Waals surface area contributed by atoms with E-state index in [-0.39, 0.29) is 0 Å². The number of halogens is 2. The molecule has 10 aromatic rings. The van der Waals surface area contributed by atoms with Crippen LogP contribution in [0.15, 0.2) is 95.4 Å². The summed E-state index contributed by atoms with van der Waals surface area (Å²) in [5, 5.41) is 21.4. The maximum atomic E-state index is 4.34. The Morgan fingerprint density at radius 2 is 0.854 bits per heavy atom. The molecule has 0 saturated heterocycles. The van der Waals surface area contributed by atoms with Crippen molar-refractivity contribution in [3.63, 3.8) is 0 Å². The molecule has 0 aliphatic rings. The molecule has 10 rings (SSSR count). The number of hydrogen-bond donors (Lipinski definition) is 1. The van der Waals surface area contributed by atoms with Crippen molar-refractivity contribution in [3.8, 4) is 0 Å². The van der Waals surface area contributed by atoms with Crippen molar-refractivity contribution < 1.29 is 0 Å². The van der Waals surface area contributed by atoms with Gasteiger partial charge in [0.15, 0.2) is 0 Å². The van der Waals surface area contributed by atoms with Crippen LogP contribution in [0.5, 0.6) is 0 Å². The summed E-state index contributed by atoms with van der Waals surface area (Å²) in [6.07, 6.45) is 0. The van der Waals surface area contributed by atoms with E-state index in [9.17, 15) is 0 Å². The van der Waals surface area contributed by atoms with Crippen molar-refractivity contribution in [2.75, 3.05) is 0 Å². The van der Waals surface area contributed by atoms with Crippen LogP contribution in [0.1, 0.15) is 0 Å². The van der Waals surface area contributed by atoms with Gasteiger partial charge in [0.1, 0.15) is 0 Å². The molecule has 0 fully saturated rings. The first-order chi connectivity index (χ1) is 20.1. The van der Waals surface area contributed by atoms with Crippen molar-refractivity contribution in [2.24, 2.45) is 4.30 Å². The van der Waals surface area contributed by atoms with Gasteiger partial charge in [0.2, 0.25) is 0 Å². The van der Waals surface area contributed by atoms with Crippen molar-refractivity contribution in [2.45, 2.75) is 0 Å². The van der Waals surface area contributed by atoms with Crippen LogP contribution in [-0.4, -0.2) is 7.64 Å². The van der Waals surface area contributed by atoms with E-state index in [0.29, 0.717) is 0 Å². The fraction of sp³-hybridized carbons (Fsp3) is 0. The fourth-order valence-corrected chi connectivity index (χ4v) is 11.9. The molecule has 0 amide bonds. The third-order valence-electron chi connectivity index (χ3n) is 7.66. The second-order valence-corrected chi connectivity index (χ2v) is 16.4. The predicted molar refractivity (Wildman–Crippen MR) is 199 cm³/mol. The normalized spacial score (nSPS) is 11.9. The molecule has 41 heavy (non-hydrogen) atoms. The first kappa shape index (κ1) is 26.5. The zero-order valence-corrected chi connectivity index (χ0v) is 28.3. The molecule has 0 saturated carbocycles. The second-order valence-electron chi connectivity index (χ2n) is 9.63. The average molecular weight is 744 g/mol. The number of nitrogens with zero attached hydrogens (tertiary/aromatic N) is 1. The first-order valence-electron chi connectivity index (χ1n) is 12.6. The molecule has 9 heteroatoms. The van der Waals surface area contributed by atoms with Gasteiger partial charge in [0, 0.05) is 61.9 Å². The minimum absolute atomic E-state index is 1.24. The molecule has 4 aromatic heterocycles. The van der Waals surface area contributed by atoms with E-state index in [1.165, 1.54) is 91.0 Å². The standard InChI is InChI=1S/C16H6Br2S2.C16H8S2.BHNS/c17-15-13-7-3-1-5-9-11(7)14(16(18)19-9)8-4-2-6-10(20-15)12(8)13;1-3-9-11-7-18-14-6-2-4-10(16(11)14)12-8-17-13(5-1)15(9)12;1-2-3/h1-6H;1-8H;3H.